The zero-order valence-electron chi connectivity index (χ0n) is 14.3. The number of hydrogen-bond acceptors (Lipinski definition) is 2. The number of halogens is 1. The van der Waals surface area contributed by atoms with Gasteiger partial charge in [-0.25, -0.2) is 0 Å². The Bertz CT molecular complexity index is 744. The number of anilines is 2. The third kappa shape index (κ3) is 3.57. The molecule has 0 aliphatic carbocycles. The van der Waals surface area contributed by atoms with Gasteiger partial charge in [0.2, 0.25) is 5.91 Å². The van der Waals surface area contributed by atoms with Gasteiger partial charge in [0, 0.05) is 43.5 Å². The van der Waals surface area contributed by atoms with E-state index >= 15 is 0 Å². The van der Waals surface area contributed by atoms with E-state index < -0.39 is 0 Å². The molecule has 0 spiro atoms. The topological polar surface area (TPSA) is 23.6 Å². The fraction of sp³-hybridized carbons (Fsp3) is 0.350. The van der Waals surface area contributed by atoms with Crippen LogP contribution in [0.25, 0.3) is 0 Å². The molecule has 3 rings (SSSR count). The first-order chi connectivity index (χ1) is 11.6. The quantitative estimate of drug-likeness (QED) is 0.819. The predicted octanol–water partition coefficient (Wildman–Crippen LogP) is 4.45. The molecule has 0 saturated carbocycles. The van der Waals surface area contributed by atoms with Crippen LogP contribution in [0.4, 0.5) is 11.4 Å². The van der Waals surface area contributed by atoms with Crippen molar-refractivity contribution in [3.05, 3.63) is 58.6 Å². The second-order valence-corrected chi connectivity index (χ2v) is 6.78. The lowest BCUT2D eigenvalue weighted by atomic mass is 10.0. The highest BCUT2D eigenvalue weighted by Gasteiger charge is 2.20. The van der Waals surface area contributed by atoms with E-state index in [0.717, 1.165) is 37.4 Å². The van der Waals surface area contributed by atoms with E-state index in [0.29, 0.717) is 0 Å². The van der Waals surface area contributed by atoms with Crippen molar-refractivity contribution in [3.63, 3.8) is 0 Å². The van der Waals surface area contributed by atoms with Crippen molar-refractivity contribution in [1.82, 2.24) is 4.90 Å². The van der Waals surface area contributed by atoms with Crippen molar-refractivity contribution in [2.24, 2.45) is 0 Å². The Morgan fingerprint density at radius 2 is 1.83 bits per heavy atom. The lowest BCUT2D eigenvalue weighted by Gasteiger charge is -2.28. The molecule has 0 saturated heterocycles. The number of para-hydroxylation sites is 1. The van der Waals surface area contributed by atoms with Crippen LogP contribution < -0.4 is 4.90 Å². The smallest absolute Gasteiger partial charge is 0.219 e. The summed E-state index contributed by atoms with van der Waals surface area (Å²) in [5, 5.41) is 0.763. The van der Waals surface area contributed by atoms with Gasteiger partial charge >= 0.3 is 0 Å². The maximum atomic E-state index is 11.4. The van der Waals surface area contributed by atoms with Crippen LogP contribution in [-0.2, 0) is 17.6 Å². The first-order valence-corrected chi connectivity index (χ1v) is 8.79. The molecule has 0 fully saturated rings. The molecule has 3 nitrogen and oxygen atoms in total. The molecule has 2 aromatic carbocycles. The number of nitrogens with zero attached hydrogens (tertiary/aromatic N) is 2. The molecule has 2 aromatic rings. The molecule has 4 heteroatoms. The third-order valence-corrected chi connectivity index (χ3v) is 4.93. The molecule has 1 aliphatic rings. The molecule has 1 amide bonds. The van der Waals surface area contributed by atoms with Crippen molar-refractivity contribution < 1.29 is 4.79 Å². The molecule has 1 heterocycles. The van der Waals surface area contributed by atoms with E-state index in [9.17, 15) is 4.79 Å². The molecule has 0 unspecified atom stereocenters. The number of rotatable bonds is 4. The van der Waals surface area contributed by atoms with Crippen LogP contribution in [0.5, 0.6) is 0 Å². The minimum atomic E-state index is 0.106. The summed E-state index contributed by atoms with van der Waals surface area (Å²) in [6.07, 6.45) is 2.97. The minimum absolute atomic E-state index is 0.106. The zero-order chi connectivity index (χ0) is 17.1. The van der Waals surface area contributed by atoms with Crippen molar-refractivity contribution in [2.75, 3.05) is 25.0 Å². The van der Waals surface area contributed by atoms with E-state index in [1.165, 1.54) is 22.5 Å². The Kier molecular flexibility index (Phi) is 5.10. The molecular formula is C20H23ClN2O. The highest BCUT2D eigenvalue weighted by molar-refractivity contribution is 6.30. The highest BCUT2D eigenvalue weighted by atomic mass is 35.5. The highest BCUT2D eigenvalue weighted by Crippen LogP contribution is 2.37. The van der Waals surface area contributed by atoms with E-state index in [1.807, 2.05) is 13.1 Å². The second kappa shape index (κ2) is 7.27. The Morgan fingerprint density at radius 3 is 2.58 bits per heavy atom. The van der Waals surface area contributed by atoms with Crippen LogP contribution in [0.3, 0.4) is 0 Å². The van der Waals surface area contributed by atoms with Crippen molar-refractivity contribution in [3.8, 4) is 0 Å². The summed E-state index contributed by atoms with van der Waals surface area (Å²) >= 11 is 6.27. The molecule has 0 atom stereocenters. The number of benzene rings is 2. The number of aryl methyl sites for hydroxylation is 2. The Morgan fingerprint density at radius 1 is 1.12 bits per heavy atom. The van der Waals surface area contributed by atoms with Crippen LogP contribution >= 0.6 is 11.6 Å². The van der Waals surface area contributed by atoms with Crippen LogP contribution in [0.15, 0.2) is 42.5 Å². The Hall–Kier alpha value is -2.00. The normalized spacial score (nSPS) is 13.0. The van der Waals surface area contributed by atoms with Gasteiger partial charge in [-0.1, -0.05) is 35.9 Å². The van der Waals surface area contributed by atoms with Crippen LogP contribution in [0, 0.1) is 0 Å². The van der Waals surface area contributed by atoms with Gasteiger partial charge in [-0.3, -0.25) is 4.79 Å². The fourth-order valence-electron chi connectivity index (χ4n) is 3.25. The summed E-state index contributed by atoms with van der Waals surface area (Å²) in [5.41, 5.74) is 5.14. The maximum Gasteiger partial charge on any atom is 0.219 e. The molecule has 1 aliphatic heterocycles. The predicted molar refractivity (Wildman–Crippen MR) is 100 cm³/mol. The SMILES string of the molecule is CC(=O)N(C)CCCN1c2ccccc2CCc2ccc(Cl)cc21. The van der Waals surface area contributed by atoms with Gasteiger partial charge in [0.25, 0.3) is 0 Å². The Labute approximate surface area is 148 Å². The average Bonchev–Trinajstić information content (AvgIpc) is 2.72. The molecule has 0 N–H and O–H groups in total. The fourth-order valence-corrected chi connectivity index (χ4v) is 3.42. The monoisotopic (exact) mass is 342 g/mol. The van der Waals surface area contributed by atoms with Crippen molar-refractivity contribution >= 4 is 28.9 Å². The maximum absolute atomic E-state index is 11.4. The number of fused-ring (bicyclic) bond motifs is 2. The van der Waals surface area contributed by atoms with Gasteiger partial charge in [0.15, 0.2) is 0 Å². The summed E-state index contributed by atoms with van der Waals surface area (Å²) < 4.78 is 0. The zero-order valence-corrected chi connectivity index (χ0v) is 15.0. The summed E-state index contributed by atoms with van der Waals surface area (Å²) in [6, 6.07) is 14.7. The van der Waals surface area contributed by atoms with Crippen LogP contribution in [0.1, 0.15) is 24.5 Å². The van der Waals surface area contributed by atoms with E-state index in [-0.39, 0.29) is 5.91 Å². The largest absolute Gasteiger partial charge is 0.346 e. The lowest BCUT2D eigenvalue weighted by Crippen LogP contribution is -2.28. The minimum Gasteiger partial charge on any atom is -0.346 e. The summed E-state index contributed by atoms with van der Waals surface area (Å²) in [7, 11) is 1.85. The summed E-state index contributed by atoms with van der Waals surface area (Å²) in [5.74, 6) is 0.106. The molecule has 0 radical (unpaired) electrons. The lowest BCUT2D eigenvalue weighted by molar-refractivity contribution is -0.127. The van der Waals surface area contributed by atoms with Crippen LogP contribution in [0.2, 0.25) is 5.02 Å². The summed E-state index contributed by atoms with van der Waals surface area (Å²) in [4.78, 5) is 15.5. The van der Waals surface area contributed by atoms with E-state index in [4.69, 9.17) is 11.6 Å². The molecule has 126 valence electrons. The van der Waals surface area contributed by atoms with Gasteiger partial charge in [-0.2, -0.15) is 0 Å². The third-order valence-electron chi connectivity index (χ3n) is 4.70. The van der Waals surface area contributed by atoms with Gasteiger partial charge in [0.1, 0.15) is 0 Å². The standard InChI is InChI=1S/C20H23ClN2O/c1-15(24)22(2)12-5-13-23-19-7-4-3-6-16(19)8-9-17-10-11-18(21)14-20(17)23/h3-4,6-7,10-11,14H,5,8-9,12-13H2,1-2H3. The van der Waals surface area contributed by atoms with Crippen LogP contribution in [-0.4, -0.2) is 30.9 Å². The first-order valence-electron chi connectivity index (χ1n) is 8.42. The number of carbonyl (C=O) groups excluding carboxylic acids is 1. The number of hydrogen-bond donors (Lipinski definition) is 0. The molecule has 0 bridgehead atoms. The van der Waals surface area contributed by atoms with E-state index in [2.05, 4.69) is 41.3 Å². The van der Waals surface area contributed by atoms with Gasteiger partial charge in [-0.15, -0.1) is 0 Å². The van der Waals surface area contributed by atoms with Gasteiger partial charge in [0.05, 0.1) is 0 Å². The van der Waals surface area contributed by atoms with E-state index in [1.54, 1.807) is 11.8 Å². The molecular weight excluding hydrogens is 320 g/mol. The second-order valence-electron chi connectivity index (χ2n) is 6.35. The average molecular weight is 343 g/mol. The van der Waals surface area contributed by atoms with Crippen molar-refractivity contribution in [2.45, 2.75) is 26.2 Å². The van der Waals surface area contributed by atoms with Gasteiger partial charge in [-0.05, 0) is 48.6 Å². The summed E-state index contributed by atoms with van der Waals surface area (Å²) in [6.45, 7) is 3.22. The number of carbonyl (C=O) groups is 1. The van der Waals surface area contributed by atoms with Gasteiger partial charge < -0.3 is 9.80 Å². The molecule has 24 heavy (non-hydrogen) atoms. The molecule has 0 aromatic heterocycles. The number of amides is 1. The Balaban J connectivity index is 1.90. The first kappa shape index (κ1) is 16.8. The van der Waals surface area contributed by atoms with Crippen molar-refractivity contribution in [1.29, 1.82) is 0 Å².